The average molecular weight is 309 g/mol. The molecular weight excluding hydrogens is 292 g/mol. The summed E-state index contributed by atoms with van der Waals surface area (Å²) < 4.78 is 5.30. The largest absolute Gasteiger partial charge is 0.496 e. The molecule has 0 aliphatic heterocycles. The number of benzene rings is 1. The van der Waals surface area contributed by atoms with Gasteiger partial charge in [0.15, 0.2) is 0 Å². The second-order valence-electron chi connectivity index (χ2n) is 3.78. The second kappa shape index (κ2) is 7.84. The molecule has 4 heteroatoms. The minimum atomic E-state index is 0. The summed E-state index contributed by atoms with van der Waals surface area (Å²) in [7, 11) is 1.69. The summed E-state index contributed by atoms with van der Waals surface area (Å²) in [6.07, 6.45) is 3.65. The molecular formula is C14H17BrN2O. The molecule has 0 amide bonds. The van der Waals surface area contributed by atoms with Gasteiger partial charge >= 0.3 is 0 Å². The highest BCUT2D eigenvalue weighted by atomic mass is 79.9. The van der Waals surface area contributed by atoms with E-state index in [1.165, 1.54) is 11.1 Å². The van der Waals surface area contributed by atoms with Crippen LogP contribution in [0, 0.1) is 0 Å². The van der Waals surface area contributed by atoms with Gasteiger partial charge in [-0.2, -0.15) is 0 Å². The van der Waals surface area contributed by atoms with Crippen LogP contribution in [0.25, 0.3) is 0 Å². The summed E-state index contributed by atoms with van der Waals surface area (Å²) in [5, 5.41) is 3.37. The van der Waals surface area contributed by atoms with Gasteiger partial charge in [0, 0.05) is 31.0 Å². The van der Waals surface area contributed by atoms with Gasteiger partial charge in [-0.1, -0.05) is 24.3 Å². The van der Waals surface area contributed by atoms with Crippen molar-refractivity contribution in [2.24, 2.45) is 0 Å². The van der Waals surface area contributed by atoms with Gasteiger partial charge in [0.05, 0.1) is 7.11 Å². The van der Waals surface area contributed by atoms with E-state index in [1.807, 2.05) is 30.5 Å². The van der Waals surface area contributed by atoms with Crippen molar-refractivity contribution in [2.45, 2.75) is 13.1 Å². The third-order valence-electron chi connectivity index (χ3n) is 2.56. The molecule has 2 aromatic rings. The first-order valence-electron chi connectivity index (χ1n) is 5.61. The van der Waals surface area contributed by atoms with Crippen LogP contribution < -0.4 is 10.1 Å². The third kappa shape index (κ3) is 4.13. The van der Waals surface area contributed by atoms with E-state index in [0.29, 0.717) is 0 Å². The molecule has 1 aromatic carbocycles. The zero-order valence-corrected chi connectivity index (χ0v) is 12.0. The lowest BCUT2D eigenvalue weighted by Crippen LogP contribution is -2.13. The maximum atomic E-state index is 5.30. The maximum Gasteiger partial charge on any atom is 0.123 e. The summed E-state index contributed by atoms with van der Waals surface area (Å²) in [6, 6.07) is 12.0. The molecule has 1 heterocycles. The number of hydrogen-bond acceptors (Lipinski definition) is 3. The average Bonchev–Trinajstić information content (AvgIpc) is 2.40. The van der Waals surface area contributed by atoms with Crippen molar-refractivity contribution in [2.75, 3.05) is 7.11 Å². The van der Waals surface area contributed by atoms with Crippen LogP contribution in [0.5, 0.6) is 5.75 Å². The number of halogens is 1. The quantitative estimate of drug-likeness (QED) is 0.922. The Kier molecular flexibility index (Phi) is 6.39. The minimum Gasteiger partial charge on any atom is -0.496 e. The van der Waals surface area contributed by atoms with Crippen molar-refractivity contribution in [3.05, 3.63) is 59.9 Å². The van der Waals surface area contributed by atoms with Gasteiger partial charge in [-0.25, -0.2) is 0 Å². The van der Waals surface area contributed by atoms with Crippen molar-refractivity contribution >= 4 is 17.0 Å². The Morgan fingerprint density at radius 1 is 1.11 bits per heavy atom. The molecule has 0 fully saturated rings. The fraction of sp³-hybridized carbons (Fsp3) is 0.214. The summed E-state index contributed by atoms with van der Waals surface area (Å²) in [6.45, 7) is 1.60. The number of methoxy groups -OCH3 is 1. The molecule has 3 nitrogen and oxygen atoms in total. The van der Waals surface area contributed by atoms with Gasteiger partial charge in [0.25, 0.3) is 0 Å². The molecule has 0 aliphatic rings. The summed E-state index contributed by atoms with van der Waals surface area (Å²) in [5.41, 5.74) is 2.35. The van der Waals surface area contributed by atoms with Crippen LogP contribution >= 0.6 is 17.0 Å². The first-order valence-corrected chi connectivity index (χ1v) is 5.61. The Labute approximate surface area is 118 Å². The molecule has 0 unspecified atom stereocenters. The van der Waals surface area contributed by atoms with Crippen molar-refractivity contribution in [3.63, 3.8) is 0 Å². The minimum absolute atomic E-state index is 0. The van der Waals surface area contributed by atoms with Gasteiger partial charge in [-0.15, -0.1) is 17.0 Å². The molecule has 0 atom stereocenters. The highest BCUT2D eigenvalue weighted by Gasteiger charge is 2.00. The Hall–Kier alpha value is -1.39. The van der Waals surface area contributed by atoms with Gasteiger partial charge in [-0.05, 0) is 17.7 Å². The first kappa shape index (κ1) is 14.7. The predicted octanol–water partition coefficient (Wildman–Crippen LogP) is 2.96. The Morgan fingerprint density at radius 3 is 2.67 bits per heavy atom. The molecule has 0 saturated carbocycles. The first-order chi connectivity index (χ1) is 8.40. The fourth-order valence-electron chi connectivity index (χ4n) is 1.69. The van der Waals surface area contributed by atoms with Crippen LogP contribution in [0.1, 0.15) is 11.1 Å². The second-order valence-corrected chi connectivity index (χ2v) is 3.78. The summed E-state index contributed by atoms with van der Waals surface area (Å²) in [4.78, 5) is 4.08. The van der Waals surface area contributed by atoms with Gasteiger partial charge < -0.3 is 10.1 Å². The molecule has 1 N–H and O–H groups in total. The highest BCUT2D eigenvalue weighted by molar-refractivity contribution is 8.93. The van der Waals surface area contributed by atoms with E-state index in [2.05, 4.69) is 22.4 Å². The lowest BCUT2D eigenvalue weighted by atomic mass is 10.2. The van der Waals surface area contributed by atoms with Crippen molar-refractivity contribution in [1.82, 2.24) is 10.3 Å². The zero-order chi connectivity index (χ0) is 11.9. The Morgan fingerprint density at radius 2 is 1.94 bits per heavy atom. The van der Waals surface area contributed by atoms with Crippen LogP contribution in [0.2, 0.25) is 0 Å². The zero-order valence-electron chi connectivity index (χ0n) is 10.3. The third-order valence-corrected chi connectivity index (χ3v) is 2.56. The molecule has 0 bridgehead atoms. The normalized spacial score (nSPS) is 9.61. The fourth-order valence-corrected chi connectivity index (χ4v) is 1.69. The standard InChI is InChI=1S/C14H16N2O.BrH/c1-17-14-7-3-2-6-13(14)11-16-10-12-5-4-8-15-9-12;/h2-9,16H,10-11H2,1H3;1H. The monoisotopic (exact) mass is 308 g/mol. The van der Waals surface area contributed by atoms with Gasteiger partial charge in [0.1, 0.15) is 5.75 Å². The smallest absolute Gasteiger partial charge is 0.123 e. The number of rotatable bonds is 5. The van der Waals surface area contributed by atoms with E-state index in [9.17, 15) is 0 Å². The van der Waals surface area contributed by atoms with Crippen molar-refractivity contribution < 1.29 is 4.74 Å². The van der Waals surface area contributed by atoms with E-state index in [0.717, 1.165) is 18.8 Å². The SMILES string of the molecule is Br.COc1ccccc1CNCc1cccnc1. The van der Waals surface area contributed by atoms with Crippen LogP contribution in [-0.4, -0.2) is 12.1 Å². The molecule has 18 heavy (non-hydrogen) atoms. The van der Waals surface area contributed by atoms with Crippen LogP contribution in [0.3, 0.4) is 0 Å². The topological polar surface area (TPSA) is 34.1 Å². The number of ether oxygens (including phenoxy) is 1. The van der Waals surface area contributed by atoms with Gasteiger partial charge in [-0.3, -0.25) is 4.98 Å². The Bertz CT molecular complexity index is 462. The van der Waals surface area contributed by atoms with Crippen molar-refractivity contribution in [3.8, 4) is 5.75 Å². The lowest BCUT2D eigenvalue weighted by Gasteiger charge is -2.09. The summed E-state index contributed by atoms with van der Waals surface area (Å²) in [5.74, 6) is 0.922. The number of para-hydroxylation sites is 1. The van der Waals surface area contributed by atoms with E-state index < -0.39 is 0 Å². The van der Waals surface area contributed by atoms with E-state index in [-0.39, 0.29) is 17.0 Å². The van der Waals surface area contributed by atoms with Crippen molar-refractivity contribution in [1.29, 1.82) is 0 Å². The number of nitrogens with zero attached hydrogens (tertiary/aromatic N) is 1. The number of hydrogen-bond donors (Lipinski definition) is 1. The van der Waals surface area contributed by atoms with E-state index >= 15 is 0 Å². The van der Waals surface area contributed by atoms with Gasteiger partial charge in [0.2, 0.25) is 0 Å². The van der Waals surface area contributed by atoms with E-state index in [1.54, 1.807) is 13.3 Å². The molecule has 2 rings (SSSR count). The molecule has 0 radical (unpaired) electrons. The summed E-state index contributed by atoms with van der Waals surface area (Å²) >= 11 is 0. The molecule has 96 valence electrons. The number of nitrogens with one attached hydrogen (secondary N) is 1. The Balaban J connectivity index is 0.00000162. The number of pyridine rings is 1. The molecule has 0 saturated heterocycles. The molecule has 0 aliphatic carbocycles. The van der Waals surface area contributed by atoms with E-state index in [4.69, 9.17) is 4.74 Å². The highest BCUT2D eigenvalue weighted by Crippen LogP contribution is 2.16. The molecule has 1 aromatic heterocycles. The lowest BCUT2D eigenvalue weighted by molar-refractivity contribution is 0.407. The molecule has 0 spiro atoms. The van der Waals surface area contributed by atoms with Crippen LogP contribution in [-0.2, 0) is 13.1 Å². The number of aromatic nitrogens is 1. The maximum absolute atomic E-state index is 5.30. The van der Waals surface area contributed by atoms with Crippen LogP contribution in [0.4, 0.5) is 0 Å². The predicted molar refractivity (Wildman–Crippen MR) is 78.1 cm³/mol. The van der Waals surface area contributed by atoms with Crippen LogP contribution in [0.15, 0.2) is 48.8 Å².